The first-order valence-corrected chi connectivity index (χ1v) is 9.74. The summed E-state index contributed by atoms with van der Waals surface area (Å²) in [7, 11) is -2.51. The normalized spacial score (nSPS) is 23.8. The van der Waals surface area contributed by atoms with Gasteiger partial charge in [-0.3, -0.25) is 4.79 Å². The molecule has 140 valence electrons. The van der Waals surface area contributed by atoms with E-state index in [-0.39, 0.29) is 15.8 Å². The molecule has 2 atom stereocenters. The number of aromatic nitrogens is 1. The Labute approximate surface area is 148 Å². The average Bonchev–Trinajstić information content (AvgIpc) is 3.35. The molecule has 1 aliphatic carbocycles. The smallest absolute Gasteiger partial charge is 0.311 e. The van der Waals surface area contributed by atoms with Crippen molar-refractivity contribution in [3.8, 4) is 0 Å². The molecule has 26 heavy (non-hydrogen) atoms. The van der Waals surface area contributed by atoms with E-state index >= 15 is 0 Å². The van der Waals surface area contributed by atoms with Crippen molar-refractivity contribution < 1.29 is 21.6 Å². The molecule has 0 bridgehead atoms. The summed E-state index contributed by atoms with van der Waals surface area (Å²) in [6, 6.07) is 4.08. The van der Waals surface area contributed by atoms with E-state index in [1.807, 2.05) is 0 Å². The van der Waals surface area contributed by atoms with Gasteiger partial charge in [-0.05, 0) is 42.9 Å². The second-order valence-corrected chi connectivity index (χ2v) is 8.98. The van der Waals surface area contributed by atoms with Crippen LogP contribution in [0.2, 0.25) is 0 Å². The largest absolute Gasteiger partial charge is 0.417 e. The molecule has 2 heterocycles. The lowest BCUT2D eigenvalue weighted by Gasteiger charge is -2.26. The Kier molecular flexibility index (Phi) is 3.75. The third-order valence-corrected chi connectivity index (χ3v) is 7.28. The quantitative estimate of drug-likeness (QED) is 0.797. The molecule has 0 spiro atoms. The molecule has 2 aromatic rings. The number of fused-ring (bicyclic) bond motifs is 2. The lowest BCUT2D eigenvalue weighted by atomic mass is 10.1. The van der Waals surface area contributed by atoms with Crippen molar-refractivity contribution in [3.63, 3.8) is 0 Å². The predicted molar refractivity (Wildman–Crippen MR) is 89.2 cm³/mol. The third kappa shape index (κ3) is 2.73. The van der Waals surface area contributed by atoms with Gasteiger partial charge in [0.15, 0.2) is 0 Å². The molecule has 1 aliphatic heterocycles. The first-order chi connectivity index (χ1) is 12.1. The van der Waals surface area contributed by atoms with E-state index < -0.39 is 27.3 Å². The van der Waals surface area contributed by atoms with E-state index in [0.29, 0.717) is 31.0 Å². The van der Waals surface area contributed by atoms with Crippen LogP contribution in [0.15, 0.2) is 34.0 Å². The fourth-order valence-electron chi connectivity index (χ4n) is 3.75. The van der Waals surface area contributed by atoms with Gasteiger partial charge < -0.3 is 4.57 Å². The summed E-state index contributed by atoms with van der Waals surface area (Å²) in [6.07, 6.45) is -2.94. The highest BCUT2D eigenvalue weighted by Gasteiger charge is 2.44. The zero-order chi connectivity index (χ0) is 18.9. The van der Waals surface area contributed by atoms with Gasteiger partial charge in [0.2, 0.25) is 10.0 Å². The standard InChI is InChI=1S/C17H17F3N2O3S/c1-21-15-3-2-12(7-13(15)14(8-16(21)23)17(18,19)20)26(24,25)22-5-4-10-6-11(10)9-22/h2-3,7-8,10-11H,4-6,9H2,1H3. The first kappa shape index (κ1) is 17.5. The number of rotatable bonds is 2. The van der Waals surface area contributed by atoms with Crippen molar-refractivity contribution in [1.82, 2.24) is 8.87 Å². The van der Waals surface area contributed by atoms with Gasteiger partial charge in [0.25, 0.3) is 5.56 Å². The number of halogens is 3. The van der Waals surface area contributed by atoms with Crippen LogP contribution in [0.4, 0.5) is 13.2 Å². The van der Waals surface area contributed by atoms with Gasteiger partial charge in [0.05, 0.1) is 16.0 Å². The van der Waals surface area contributed by atoms with Crippen LogP contribution in [0.3, 0.4) is 0 Å². The van der Waals surface area contributed by atoms with Gasteiger partial charge >= 0.3 is 6.18 Å². The molecule has 1 saturated heterocycles. The SMILES string of the molecule is Cn1c(=O)cc(C(F)(F)F)c2cc(S(=O)(=O)N3CCC4CC4C3)ccc21. The van der Waals surface area contributed by atoms with Crippen LogP contribution in [-0.4, -0.2) is 30.4 Å². The van der Waals surface area contributed by atoms with Gasteiger partial charge in [0, 0.05) is 31.6 Å². The molecule has 4 rings (SSSR count). The highest BCUT2D eigenvalue weighted by molar-refractivity contribution is 7.89. The molecular weight excluding hydrogens is 369 g/mol. The first-order valence-electron chi connectivity index (χ1n) is 8.30. The molecular formula is C17H17F3N2O3S. The van der Waals surface area contributed by atoms with Crippen molar-refractivity contribution in [2.24, 2.45) is 18.9 Å². The number of piperidine rings is 1. The second kappa shape index (κ2) is 5.56. The number of pyridine rings is 1. The van der Waals surface area contributed by atoms with E-state index in [2.05, 4.69) is 0 Å². The summed E-state index contributed by atoms with van der Waals surface area (Å²) >= 11 is 0. The van der Waals surface area contributed by atoms with Crippen LogP contribution in [-0.2, 0) is 23.2 Å². The second-order valence-electron chi connectivity index (χ2n) is 7.04. The molecule has 2 fully saturated rings. The Morgan fingerprint density at radius 1 is 1.15 bits per heavy atom. The molecule has 0 N–H and O–H groups in total. The molecule has 2 unspecified atom stereocenters. The predicted octanol–water partition coefficient (Wildman–Crippen LogP) is 2.59. The third-order valence-electron chi connectivity index (χ3n) is 5.42. The summed E-state index contributed by atoms with van der Waals surface area (Å²) in [4.78, 5) is 11.6. The van der Waals surface area contributed by atoms with Crippen molar-refractivity contribution in [3.05, 3.63) is 40.2 Å². The Bertz CT molecular complexity index is 1060. The van der Waals surface area contributed by atoms with Gasteiger partial charge in [-0.25, -0.2) is 8.42 Å². The van der Waals surface area contributed by atoms with E-state index in [0.717, 1.165) is 23.5 Å². The minimum Gasteiger partial charge on any atom is -0.311 e. The maximum absolute atomic E-state index is 13.4. The Morgan fingerprint density at radius 3 is 2.54 bits per heavy atom. The van der Waals surface area contributed by atoms with Crippen LogP contribution >= 0.6 is 0 Å². The topological polar surface area (TPSA) is 59.4 Å². The van der Waals surface area contributed by atoms with Crippen LogP contribution in [0.25, 0.3) is 10.9 Å². The van der Waals surface area contributed by atoms with E-state index in [9.17, 15) is 26.4 Å². The summed E-state index contributed by atoms with van der Waals surface area (Å²) in [5.74, 6) is 0.954. The van der Waals surface area contributed by atoms with Crippen molar-refractivity contribution >= 4 is 20.9 Å². The fraction of sp³-hybridized carbons (Fsp3) is 0.471. The number of alkyl halides is 3. The molecule has 9 heteroatoms. The molecule has 0 amide bonds. The van der Waals surface area contributed by atoms with Gasteiger partial charge in [-0.2, -0.15) is 17.5 Å². The molecule has 1 aromatic carbocycles. The molecule has 5 nitrogen and oxygen atoms in total. The van der Waals surface area contributed by atoms with E-state index in [1.165, 1.54) is 23.5 Å². The summed E-state index contributed by atoms with van der Waals surface area (Å²) in [6.45, 7) is 0.811. The van der Waals surface area contributed by atoms with Crippen LogP contribution in [0, 0.1) is 11.8 Å². The van der Waals surface area contributed by atoms with Gasteiger partial charge in [0.1, 0.15) is 0 Å². The van der Waals surface area contributed by atoms with Crippen molar-refractivity contribution in [2.75, 3.05) is 13.1 Å². The number of hydrogen-bond donors (Lipinski definition) is 0. The minimum absolute atomic E-state index is 0.0460. The Hall–Kier alpha value is -1.87. The number of benzene rings is 1. The van der Waals surface area contributed by atoms with Gasteiger partial charge in [-0.1, -0.05) is 0 Å². The molecule has 1 saturated carbocycles. The lowest BCUT2D eigenvalue weighted by molar-refractivity contribution is -0.136. The number of nitrogens with zero attached hydrogens (tertiary/aromatic N) is 2. The molecule has 1 aromatic heterocycles. The van der Waals surface area contributed by atoms with E-state index in [4.69, 9.17) is 0 Å². The number of hydrogen-bond acceptors (Lipinski definition) is 3. The van der Waals surface area contributed by atoms with E-state index in [1.54, 1.807) is 0 Å². The Balaban J connectivity index is 1.87. The molecule has 0 radical (unpaired) electrons. The Morgan fingerprint density at radius 2 is 1.88 bits per heavy atom. The minimum atomic E-state index is -4.75. The average molecular weight is 386 g/mol. The summed E-state index contributed by atoms with van der Waals surface area (Å²) < 4.78 is 68.3. The van der Waals surface area contributed by atoms with Crippen LogP contribution < -0.4 is 5.56 Å². The monoisotopic (exact) mass is 386 g/mol. The van der Waals surface area contributed by atoms with Gasteiger partial charge in [-0.15, -0.1) is 0 Å². The number of aryl methyl sites for hydroxylation is 1. The summed E-state index contributed by atoms with van der Waals surface area (Å²) in [5.41, 5.74) is -1.87. The van der Waals surface area contributed by atoms with Crippen LogP contribution in [0.5, 0.6) is 0 Å². The van der Waals surface area contributed by atoms with Crippen molar-refractivity contribution in [2.45, 2.75) is 23.9 Å². The maximum atomic E-state index is 13.4. The van der Waals surface area contributed by atoms with Crippen molar-refractivity contribution in [1.29, 1.82) is 0 Å². The van der Waals surface area contributed by atoms with Crippen LogP contribution in [0.1, 0.15) is 18.4 Å². The summed E-state index contributed by atoms with van der Waals surface area (Å²) in [5, 5.41) is -0.290. The zero-order valence-corrected chi connectivity index (χ0v) is 14.8. The lowest BCUT2D eigenvalue weighted by Crippen LogP contribution is -2.36. The maximum Gasteiger partial charge on any atom is 0.417 e. The molecule has 2 aliphatic rings. The number of sulfonamides is 1. The zero-order valence-electron chi connectivity index (χ0n) is 14.0. The fourth-order valence-corrected chi connectivity index (χ4v) is 5.29. The highest BCUT2D eigenvalue weighted by Crippen LogP contribution is 2.46. The highest BCUT2D eigenvalue weighted by atomic mass is 32.2.